The molecular weight excluding hydrogens is 554 g/mol. The lowest BCUT2D eigenvalue weighted by Gasteiger charge is -2.24. The van der Waals surface area contributed by atoms with Gasteiger partial charge in [-0.25, -0.2) is 9.97 Å². The predicted octanol–water partition coefficient (Wildman–Crippen LogP) is 11.3. The maximum Gasteiger partial charge on any atom is 0.197 e. The minimum absolute atomic E-state index is 0.0699. The molecule has 0 bridgehead atoms. The summed E-state index contributed by atoms with van der Waals surface area (Å²) in [7, 11) is 0. The van der Waals surface area contributed by atoms with Gasteiger partial charge in [-0.3, -0.25) is 4.57 Å². The van der Waals surface area contributed by atoms with Crippen LogP contribution >= 0.6 is 0 Å². The molecule has 0 aliphatic heterocycles. The second-order valence-corrected chi connectivity index (χ2v) is 12.2. The number of furan rings is 1. The summed E-state index contributed by atoms with van der Waals surface area (Å²) in [6.07, 6.45) is 0. The molecule has 45 heavy (non-hydrogen) atoms. The van der Waals surface area contributed by atoms with Gasteiger partial charge in [-0.1, -0.05) is 82.3 Å². The summed E-state index contributed by atoms with van der Waals surface area (Å²) in [5.74, 6) is 0.312. The Morgan fingerprint density at radius 1 is 0.644 bits per heavy atom. The topological polar surface area (TPSA) is 57.0 Å². The third kappa shape index (κ3) is 4.21. The van der Waals surface area contributed by atoms with Crippen molar-refractivity contribution >= 4 is 44.1 Å². The molecule has 222 valence electrons. The van der Waals surface area contributed by atoms with Crippen molar-refractivity contribution in [2.75, 3.05) is 0 Å². The summed E-state index contributed by atoms with van der Waals surface area (Å²) in [4.78, 5) is 9.40. The quantitative estimate of drug-likeness (QED) is 0.199. The normalized spacial score (nSPS) is 14.7. The number of benzene rings is 5. The Morgan fingerprint density at radius 2 is 1.40 bits per heavy atom. The monoisotopic (exact) mass is 595 g/mol. The molecule has 8 aromatic rings. The van der Waals surface area contributed by atoms with Crippen LogP contribution in [0.4, 0.5) is 0 Å². The van der Waals surface area contributed by atoms with Gasteiger partial charge in [-0.15, -0.1) is 0 Å². The van der Waals surface area contributed by atoms with Gasteiger partial charge in [0.05, 0.1) is 22.3 Å². The molecular formula is C40H35N3O2. The van der Waals surface area contributed by atoms with Gasteiger partial charge in [0.15, 0.2) is 17.1 Å². The van der Waals surface area contributed by atoms with Crippen molar-refractivity contribution in [1.82, 2.24) is 14.5 Å². The van der Waals surface area contributed by atoms with E-state index in [0.29, 0.717) is 39.1 Å². The first kappa shape index (κ1) is 21.5. The lowest BCUT2D eigenvalue weighted by molar-refractivity contribution is 0.554. The van der Waals surface area contributed by atoms with Gasteiger partial charge in [-0.05, 0) is 82.9 Å². The van der Waals surface area contributed by atoms with Gasteiger partial charge in [0.1, 0.15) is 16.9 Å². The lowest BCUT2D eigenvalue weighted by atomic mass is 9.88. The van der Waals surface area contributed by atoms with E-state index >= 15 is 0 Å². The molecule has 5 heteroatoms. The summed E-state index contributed by atoms with van der Waals surface area (Å²) in [6.45, 7) is 3.66. The number of fused-ring (bicyclic) bond motifs is 6. The number of imidazole rings is 1. The summed E-state index contributed by atoms with van der Waals surface area (Å²) >= 11 is 0. The number of hydrogen-bond donors (Lipinski definition) is 0. The first-order valence-electron chi connectivity index (χ1n) is 18.2. The fraction of sp³-hybridized carbons (Fsp3) is 0.200. The first-order valence-corrected chi connectivity index (χ1v) is 15.2. The second-order valence-electron chi connectivity index (χ2n) is 12.2. The van der Waals surface area contributed by atoms with Crippen molar-refractivity contribution in [2.45, 2.75) is 53.2 Å². The Bertz CT molecular complexity index is 2600. The maximum absolute atomic E-state index is 8.59. The van der Waals surface area contributed by atoms with Crippen LogP contribution in [-0.2, 0) is 0 Å². The van der Waals surface area contributed by atoms with E-state index in [1.54, 1.807) is 18.2 Å². The average molecular weight is 596 g/mol. The van der Waals surface area contributed by atoms with Crippen molar-refractivity contribution in [3.8, 4) is 28.2 Å². The average Bonchev–Trinajstić information content (AvgIpc) is 3.80. The molecule has 3 heterocycles. The van der Waals surface area contributed by atoms with Crippen molar-refractivity contribution in [2.24, 2.45) is 0 Å². The van der Waals surface area contributed by atoms with Gasteiger partial charge < -0.3 is 8.83 Å². The van der Waals surface area contributed by atoms with E-state index in [2.05, 4.69) is 56.9 Å². The van der Waals surface area contributed by atoms with Crippen LogP contribution in [-0.4, -0.2) is 14.5 Å². The number of hydrogen-bond acceptors (Lipinski definition) is 4. The highest BCUT2D eigenvalue weighted by Crippen LogP contribution is 2.43. The van der Waals surface area contributed by atoms with E-state index in [4.69, 9.17) is 22.0 Å². The third-order valence-corrected chi connectivity index (χ3v) is 8.68. The first-order chi connectivity index (χ1) is 24.2. The van der Waals surface area contributed by atoms with Gasteiger partial charge in [0, 0.05) is 25.8 Å². The highest BCUT2D eigenvalue weighted by atomic mass is 16.4. The van der Waals surface area contributed by atoms with Gasteiger partial charge in [0.2, 0.25) is 0 Å². The SMILES string of the molecule is [2H]C([2H])([2H])c1nc2ccc3c4cccc(-c5nc6cccc(C([2H])([2H])[2H])c6n5-c5c(C(C)C)cc(-c6ccccc6)cc5C(C)C)c4oc3c2o1. The number of oxazole rings is 1. The van der Waals surface area contributed by atoms with Gasteiger partial charge in [-0.2, -0.15) is 0 Å². The second kappa shape index (κ2) is 10.2. The molecule has 0 aliphatic rings. The van der Waals surface area contributed by atoms with Crippen LogP contribution in [0.25, 0.3) is 72.3 Å². The fourth-order valence-corrected chi connectivity index (χ4v) is 6.56. The Labute approximate surface area is 270 Å². The van der Waals surface area contributed by atoms with Gasteiger partial charge >= 0.3 is 0 Å². The molecule has 0 spiro atoms. The number of aryl methyl sites for hydroxylation is 2. The van der Waals surface area contributed by atoms with Crippen LogP contribution in [0.5, 0.6) is 0 Å². The van der Waals surface area contributed by atoms with Crippen LogP contribution in [0.15, 0.2) is 99.8 Å². The zero-order chi connectivity index (χ0) is 36.0. The Balaban J connectivity index is 1.51. The largest absolute Gasteiger partial charge is 0.451 e. The molecule has 5 nitrogen and oxygen atoms in total. The standard InChI is InChI=1S/C40H35N3O2/c1-22(2)31-20-27(26-13-8-7-9-14-26)21-32(23(3)4)36(31)43-35-24(5)12-10-17-33(35)42-40(43)30-16-11-15-28-29-18-19-34-39(44-25(6)41-34)38(29)45-37(28)30/h7-23H,1-6H3/i5D3,6D3. The third-order valence-electron chi connectivity index (χ3n) is 8.68. The van der Waals surface area contributed by atoms with E-state index in [-0.39, 0.29) is 28.9 Å². The molecule has 0 fully saturated rings. The number of aromatic nitrogens is 3. The van der Waals surface area contributed by atoms with Crippen LogP contribution in [0.3, 0.4) is 0 Å². The Hall–Kier alpha value is -5.16. The summed E-state index contributed by atoms with van der Waals surface area (Å²) in [6, 6.07) is 29.3. The molecule has 0 saturated heterocycles. The van der Waals surface area contributed by atoms with Crippen LogP contribution < -0.4 is 0 Å². The zero-order valence-corrected chi connectivity index (χ0v) is 25.5. The lowest BCUT2D eigenvalue weighted by Crippen LogP contribution is -2.10. The van der Waals surface area contributed by atoms with Crippen LogP contribution in [0, 0.1) is 13.7 Å². The molecule has 3 aromatic heterocycles. The van der Waals surface area contributed by atoms with Crippen molar-refractivity contribution in [3.63, 3.8) is 0 Å². The summed E-state index contributed by atoms with van der Waals surface area (Å²) in [5.41, 5.74) is 8.60. The summed E-state index contributed by atoms with van der Waals surface area (Å²) < 4.78 is 63.7. The maximum atomic E-state index is 8.59. The molecule has 0 N–H and O–H groups in total. The van der Waals surface area contributed by atoms with E-state index in [0.717, 1.165) is 38.7 Å². The molecule has 8 rings (SSSR count). The number of rotatable bonds is 5. The smallest absolute Gasteiger partial charge is 0.197 e. The predicted molar refractivity (Wildman–Crippen MR) is 184 cm³/mol. The molecule has 5 aromatic carbocycles. The van der Waals surface area contributed by atoms with Crippen LogP contribution in [0.2, 0.25) is 0 Å². The van der Waals surface area contributed by atoms with E-state index < -0.39 is 13.7 Å². The van der Waals surface area contributed by atoms with Crippen molar-refractivity contribution in [1.29, 1.82) is 0 Å². The number of nitrogens with zero attached hydrogens (tertiary/aromatic N) is 3. The molecule has 0 atom stereocenters. The highest BCUT2D eigenvalue weighted by molar-refractivity contribution is 6.15. The van der Waals surface area contributed by atoms with E-state index in [1.807, 2.05) is 53.1 Å². The molecule has 0 unspecified atom stereocenters. The van der Waals surface area contributed by atoms with Crippen molar-refractivity contribution in [3.05, 3.63) is 114 Å². The highest BCUT2D eigenvalue weighted by Gasteiger charge is 2.26. The number of para-hydroxylation sites is 2. The zero-order valence-electron chi connectivity index (χ0n) is 31.5. The molecule has 0 aliphatic carbocycles. The van der Waals surface area contributed by atoms with E-state index in [9.17, 15) is 0 Å². The summed E-state index contributed by atoms with van der Waals surface area (Å²) in [5, 5.41) is 1.51. The molecule has 0 amide bonds. The minimum atomic E-state index is -2.52. The minimum Gasteiger partial charge on any atom is -0.451 e. The Kier molecular flexibility index (Phi) is 4.88. The van der Waals surface area contributed by atoms with Crippen molar-refractivity contribution < 1.29 is 17.1 Å². The van der Waals surface area contributed by atoms with E-state index in [1.165, 1.54) is 0 Å². The molecule has 0 radical (unpaired) electrons. The molecule has 0 saturated carbocycles. The Morgan fingerprint density at radius 3 is 2.13 bits per heavy atom. The van der Waals surface area contributed by atoms with Gasteiger partial charge in [0.25, 0.3) is 0 Å². The fourth-order valence-electron chi connectivity index (χ4n) is 6.56. The van der Waals surface area contributed by atoms with Crippen LogP contribution in [0.1, 0.15) is 70.3 Å².